The molecule has 2 atom stereocenters. The van der Waals surface area contributed by atoms with Crippen molar-refractivity contribution < 1.29 is 9.53 Å². The molecule has 0 bridgehead atoms. The van der Waals surface area contributed by atoms with Gasteiger partial charge in [-0.2, -0.15) is 0 Å². The van der Waals surface area contributed by atoms with E-state index in [1.54, 1.807) is 0 Å². The Morgan fingerprint density at radius 3 is 2.39 bits per heavy atom. The van der Waals surface area contributed by atoms with Crippen LogP contribution in [0.1, 0.15) is 59.3 Å². The van der Waals surface area contributed by atoms with Crippen LogP contribution in [0.4, 0.5) is 4.79 Å². The first kappa shape index (κ1) is 13.7. The molecule has 4 nitrogen and oxygen atoms in total. The quantitative estimate of drug-likeness (QED) is 0.756. The van der Waals surface area contributed by atoms with Gasteiger partial charge in [0.1, 0.15) is 5.60 Å². The Bertz CT molecular complexity index is 316. The maximum Gasteiger partial charge on any atom is 0.407 e. The molecule has 2 aliphatic carbocycles. The number of hydrogen-bond acceptors (Lipinski definition) is 3. The summed E-state index contributed by atoms with van der Waals surface area (Å²) in [7, 11) is 0. The average Bonchev–Trinajstić information content (AvgIpc) is 2.27. The van der Waals surface area contributed by atoms with Crippen LogP contribution in [0, 0.1) is 5.41 Å². The average molecular weight is 254 g/mol. The van der Waals surface area contributed by atoms with Gasteiger partial charge in [-0.25, -0.2) is 4.79 Å². The van der Waals surface area contributed by atoms with Crippen LogP contribution in [0.2, 0.25) is 0 Å². The van der Waals surface area contributed by atoms with Gasteiger partial charge in [0.2, 0.25) is 0 Å². The summed E-state index contributed by atoms with van der Waals surface area (Å²) in [5.41, 5.74) is 5.90. The summed E-state index contributed by atoms with van der Waals surface area (Å²) in [6.07, 6.45) is 6.65. The summed E-state index contributed by atoms with van der Waals surface area (Å²) >= 11 is 0. The lowest BCUT2D eigenvalue weighted by Gasteiger charge is -2.56. The summed E-state index contributed by atoms with van der Waals surface area (Å²) in [4.78, 5) is 11.8. The Morgan fingerprint density at radius 1 is 1.28 bits per heavy atom. The van der Waals surface area contributed by atoms with Crippen molar-refractivity contribution >= 4 is 6.09 Å². The fraction of sp³-hybridized carbons (Fsp3) is 0.929. The van der Waals surface area contributed by atoms with E-state index in [0.29, 0.717) is 0 Å². The zero-order chi connectivity index (χ0) is 13.4. The molecule has 0 heterocycles. The number of hydrogen-bond donors (Lipinski definition) is 2. The van der Waals surface area contributed by atoms with Gasteiger partial charge < -0.3 is 15.8 Å². The molecular weight excluding hydrogens is 228 g/mol. The van der Waals surface area contributed by atoms with Gasteiger partial charge in [0.25, 0.3) is 0 Å². The molecule has 2 rings (SSSR count). The Labute approximate surface area is 110 Å². The van der Waals surface area contributed by atoms with Gasteiger partial charge in [0, 0.05) is 17.5 Å². The van der Waals surface area contributed by atoms with Crippen molar-refractivity contribution in [2.45, 2.75) is 77.0 Å². The van der Waals surface area contributed by atoms with Gasteiger partial charge in [-0.1, -0.05) is 19.3 Å². The molecule has 0 radical (unpaired) electrons. The van der Waals surface area contributed by atoms with Gasteiger partial charge in [0.05, 0.1) is 0 Å². The third-order valence-corrected chi connectivity index (χ3v) is 4.40. The van der Waals surface area contributed by atoms with Crippen molar-refractivity contribution in [2.75, 3.05) is 0 Å². The first-order chi connectivity index (χ1) is 8.33. The summed E-state index contributed by atoms with van der Waals surface area (Å²) in [6.45, 7) is 5.65. The van der Waals surface area contributed by atoms with Crippen molar-refractivity contribution in [3.63, 3.8) is 0 Å². The molecule has 1 amide bonds. The predicted octanol–water partition coefficient (Wildman–Crippen LogP) is 2.56. The zero-order valence-electron chi connectivity index (χ0n) is 11.8. The lowest BCUT2D eigenvalue weighted by atomic mass is 9.54. The van der Waals surface area contributed by atoms with Crippen molar-refractivity contribution in [2.24, 2.45) is 11.1 Å². The first-order valence-electron chi connectivity index (χ1n) is 7.09. The molecule has 104 valence electrons. The molecule has 2 aliphatic rings. The highest BCUT2D eigenvalue weighted by Crippen LogP contribution is 2.50. The van der Waals surface area contributed by atoms with E-state index in [0.717, 1.165) is 19.3 Å². The number of alkyl carbamates (subject to hydrolysis) is 1. The van der Waals surface area contributed by atoms with E-state index in [2.05, 4.69) is 5.32 Å². The number of nitrogens with two attached hydrogens (primary N) is 1. The monoisotopic (exact) mass is 254 g/mol. The lowest BCUT2D eigenvalue weighted by molar-refractivity contribution is -0.0145. The molecule has 0 aromatic carbocycles. The van der Waals surface area contributed by atoms with Crippen LogP contribution in [0.25, 0.3) is 0 Å². The summed E-state index contributed by atoms with van der Waals surface area (Å²) in [6, 6.07) is 0.459. The molecular formula is C14H26N2O2. The van der Waals surface area contributed by atoms with Crippen LogP contribution in [0.5, 0.6) is 0 Å². The molecule has 0 aromatic rings. The minimum atomic E-state index is -0.435. The fourth-order valence-electron chi connectivity index (χ4n) is 3.40. The normalized spacial score (nSPS) is 30.7. The standard InChI is InChI=1S/C14H26N2O2/c1-13(2,3)18-12(17)16-11-9-10(15)14(11)7-5-4-6-8-14/h10-11H,4-9,15H2,1-3H3,(H,16,17). The van der Waals surface area contributed by atoms with Gasteiger partial charge >= 0.3 is 6.09 Å². The topological polar surface area (TPSA) is 64.3 Å². The molecule has 3 N–H and O–H groups in total. The number of carbonyl (C=O) groups excluding carboxylic acids is 1. The van der Waals surface area contributed by atoms with E-state index in [1.165, 1.54) is 19.3 Å². The summed E-state index contributed by atoms with van der Waals surface area (Å²) in [5.74, 6) is 0. The number of amides is 1. The van der Waals surface area contributed by atoms with Crippen LogP contribution >= 0.6 is 0 Å². The van der Waals surface area contributed by atoms with E-state index in [-0.39, 0.29) is 23.6 Å². The minimum Gasteiger partial charge on any atom is -0.444 e. The van der Waals surface area contributed by atoms with Crippen molar-refractivity contribution in [1.29, 1.82) is 0 Å². The second kappa shape index (κ2) is 4.72. The van der Waals surface area contributed by atoms with E-state index in [4.69, 9.17) is 10.5 Å². The number of ether oxygens (including phenoxy) is 1. The van der Waals surface area contributed by atoms with Crippen molar-refractivity contribution in [3.05, 3.63) is 0 Å². The number of nitrogens with one attached hydrogen (secondary N) is 1. The van der Waals surface area contributed by atoms with Crippen LogP contribution in [-0.2, 0) is 4.74 Å². The van der Waals surface area contributed by atoms with E-state index in [1.807, 2.05) is 20.8 Å². The molecule has 0 aliphatic heterocycles. The fourth-order valence-corrected chi connectivity index (χ4v) is 3.40. The van der Waals surface area contributed by atoms with Crippen LogP contribution in [0.15, 0.2) is 0 Å². The SMILES string of the molecule is CC(C)(C)OC(=O)NC1CC(N)C12CCCCC2. The Hall–Kier alpha value is -0.770. The minimum absolute atomic E-state index is 0.148. The molecule has 2 fully saturated rings. The zero-order valence-corrected chi connectivity index (χ0v) is 11.8. The Kier molecular flexibility index (Phi) is 3.58. The molecule has 4 heteroatoms. The lowest BCUT2D eigenvalue weighted by Crippen LogP contribution is -2.67. The molecule has 0 saturated heterocycles. The molecule has 18 heavy (non-hydrogen) atoms. The van der Waals surface area contributed by atoms with Gasteiger partial charge in [-0.3, -0.25) is 0 Å². The Balaban J connectivity index is 1.92. The number of carbonyl (C=O) groups is 1. The first-order valence-corrected chi connectivity index (χ1v) is 7.09. The van der Waals surface area contributed by atoms with Gasteiger partial charge in [-0.05, 0) is 40.0 Å². The van der Waals surface area contributed by atoms with E-state index in [9.17, 15) is 4.79 Å². The third-order valence-electron chi connectivity index (χ3n) is 4.40. The molecule has 2 unspecified atom stereocenters. The molecule has 0 aromatic heterocycles. The highest BCUT2D eigenvalue weighted by Gasteiger charge is 2.54. The van der Waals surface area contributed by atoms with E-state index >= 15 is 0 Å². The van der Waals surface area contributed by atoms with Crippen molar-refractivity contribution in [3.8, 4) is 0 Å². The summed E-state index contributed by atoms with van der Waals surface area (Å²) < 4.78 is 5.32. The summed E-state index contributed by atoms with van der Waals surface area (Å²) in [5, 5.41) is 3.02. The van der Waals surface area contributed by atoms with Crippen LogP contribution in [-0.4, -0.2) is 23.8 Å². The van der Waals surface area contributed by atoms with E-state index < -0.39 is 5.60 Å². The second-order valence-electron chi connectivity index (χ2n) is 6.83. The Morgan fingerprint density at radius 2 is 1.89 bits per heavy atom. The van der Waals surface area contributed by atoms with Gasteiger partial charge in [-0.15, -0.1) is 0 Å². The van der Waals surface area contributed by atoms with Gasteiger partial charge in [0.15, 0.2) is 0 Å². The molecule has 2 saturated carbocycles. The number of rotatable bonds is 1. The van der Waals surface area contributed by atoms with Crippen molar-refractivity contribution in [1.82, 2.24) is 5.32 Å². The molecule has 1 spiro atoms. The second-order valence-corrected chi connectivity index (χ2v) is 6.83. The smallest absolute Gasteiger partial charge is 0.407 e. The predicted molar refractivity (Wildman–Crippen MR) is 71.3 cm³/mol. The highest BCUT2D eigenvalue weighted by molar-refractivity contribution is 5.68. The highest BCUT2D eigenvalue weighted by atomic mass is 16.6. The third kappa shape index (κ3) is 2.63. The van der Waals surface area contributed by atoms with Crippen LogP contribution in [0.3, 0.4) is 0 Å². The van der Waals surface area contributed by atoms with Crippen LogP contribution < -0.4 is 11.1 Å². The maximum atomic E-state index is 11.8. The largest absolute Gasteiger partial charge is 0.444 e. The maximum absolute atomic E-state index is 11.8.